The summed E-state index contributed by atoms with van der Waals surface area (Å²) in [5, 5.41) is 4.98. The van der Waals surface area contributed by atoms with E-state index in [4.69, 9.17) is 11.6 Å². The van der Waals surface area contributed by atoms with Crippen LogP contribution in [0.4, 0.5) is 11.6 Å². The van der Waals surface area contributed by atoms with Crippen LogP contribution in [0.15, 0.2) is 64.2 Å². The number of rotatable bonds is 3. The molecule has 0 bridgehead atoms. The van der Waals surface area contributed by atoms with Crippen LogP contribution in [-0.4, -0.2) is 20.9 Å². The van der Waals surface area contributed by atoms with Crippen LogP contribution in [-0.2, 0) is 13.1 Å². The average Bonchev–Trinajstić information content (AvgIpc) is 3.06. The summed E-state index contributed by atoms with van der Waals surface area (Å²) in [4.78, 5) is 26.8. The molecule has 0 radical (unpaired) electrons. The van der Waals surface area contributed by atoms with E-state index < -0.39 is 11.1 Å². The zero-order valence-corrected chi connectivity index (χ0v) is 14.1. The van der Waals surface area contributed by atoms with Gasteiger partial charge in [-0.3, -0.25) is 14.2 Å². The van der Waals surface area contributed by atoms with E-state index in [0.29, 0.717) is 24.1 Å². The molecule has 25 heavy (non-hydrogen) atoms. The Kier molecular flexibility index (Phi) is 3.89. The number of hydrogen-bond donors (Lipinski definition) is 0. The molecule has 2 heterocycles. The van der Waals surface area contributed by atoms with E-state index in [1.807, 2.05) is 53.4 Å². The van der Waals surface area contributed by atoms with Gasteiger partial charge in [-0.15, -0.1) is 5.10 Å². The van der Waals surface area contributed by atoms with Gasteiger partial charge in [0.25, 0.3) is 0 Å². The molecule has 0 amide bonds. The average molecular weight is 355 g/mol. The molecule has 0 aliphatic carbocycles. The number of benzene rings is 2. The van der Waals surface area contributed by atoms with Crippen molar-refractivity contribution in [3.63, 3.8) is 0 Å². The smallest absolute Gasteiger partial charge is 0.309 e. The number of halogens is 1. The first-order valence-electron chi connectivity index (χ1n) is 7.93. The highest BCUT2D eigenvalue weighted by Gasteiger charge is 2.25. The molecular weight excluding hydrogens is 340 g/mol. The van der Waals surface area contributed by atoms with Crippen LogP contribution >= 0.6 is 11.6 Å². The van der Waals surface area contributed by atoms with Crippen LogP contribution in [0.25, 0.3) is 0 Å². The number of fused-ring (bicyclic) bond motifs is 1. The summed E-state index contributed by atoms with van der Waals surface area (Å²) < 4.78 is 2.62. The number of para-hydroxylation sites is 1. The normalized spacial score (nSPS) is 13.1. The van der Waals surface area contributed by atoms with Crippen molar-refractivity contribution in [2.24, 2.45) is 0 Å². The minimum Gasteiger partial charge on any atom is -0.309 e. The molecule has 0 unspecified atom stereocenters. The maximum atomic E-state index is 12.5. The number of anilines is 2. The summed E-state index contributed by atoms with van der Waals surface area (Å²) in [6, 6.07) is 16.9. The van der Waals surface area contributed by atoms with Crippen molar-refractivity contribution in [1.29, 1.82) is 0 Å². The van der Waals surface area contributed by atoms with Crippen molar-refractivity contribution in [1.82, 2.24) is 14.3 Å². The van der Waals surface area contributed by atoms with Gasteiger partial charge in [0.1, 0.15) is 0 Å². The third-order valence-corrected chi connectivity index (χ3v) is 4.62. The fourth-order valence-electron chi connectivity index (χ4n) is 2.97. The topological polar surface area (TPSA) is 60.1 Å². The van der Waals surface area contributed by atoms with E-state index in [9.17, 15) is 9.59 Å². The Morgan fingerprint density at radius 1 is 0.920 bits per heavy atom. The third-order valence-electron chi connectivity index (χ3n) is 4.25. The van der Waals surface area contributed by atoms with Gasteiger partial charge in [-0.05, 0) is 23.8 Å². The molecule has 1 aliphatic heterocycles. The largest absolute Gasteiger partial charge is 0.333 e. The Labute approximate surface area is 148 Å². The Hall–Kier alpha value is -2.86. The first-order chi connectivity index (χ1) is 12.1. The Morgan fingerprint density at radius 3 is 2.40 bits per heavy atom. The molecule has 0 fully saturated rings. The first-order valence-corrected chi connectivity index (χ1v) is 8.31. The molecule has 0 atom stereocenters. The summed E-state index contributed by atoms with van der Waals surface area (Å²) in [6.07, 6.45) is 0. The lowest BCUT2D eigenvalue weighted by Gasteiger charge is -2.17. The van der Waals surface area contributed by atoms with Crippen LogP contribution in [0.2, 0.25) is 5.02 Å². The second kappa shape index (κ2) is 6.22. The Bertz CT molecular complexity index is 1040. The SMILES string of the molecule is O=c1c(=O)n2c(nn1Cc1ccccc1Cl)N(c1ccccc1)CC2. The molecule has 0 saturated carbocycles. The molecule has 0 spiro atoms. The highest BCUT2D eigenvalue weighted by atomic mass is 35.5. The molecular formula is C18H15ClN4O2. The van der Waals surface area contributed by atoms with E-state index in [1.165, 1.54) is 9.25 Å². The Morgan fingerprint density at radius 2 is 1.64 bits per heavy atom. The fourth-order valence-corrected chi connectivity index (χ4v) is 3.17. The molecule has 126 valence electrons. The van der Waals surface area contributed by atoms with E-state index >= 15 is 0 Å². The van der Waals surface area contributed by atoms with Crippen molar-refractivity contribution in [3.05, 3.63) is 85.9 Å². The van der Waals surface area contributed by atoms with Crippen molar-refractivity contribution in [2.45, 2.75) is 13.1 Å². The molecule has 1 aliphatic rings. The molecule has 0 saturated heterocycles. The van der Waals surface area contributed by atoms with E-state index in [-0.39, 0.29) is 6.54 Å². The van der Waals surface area contributed by atoms with Crippen LogP contribution < -0.4 is 16.0 Å². The molecule has 6 nitrogen and oxygen atoms in total. The minimum atomic E-state index is -0.640. The van der Waals surface area contributed by atoms with Gasteiger partial charge in [0.2, 0.25) is 5.95 Å². The van der Waals surface area contributed by atoms with E-state index in [0.717, 1.165) is 11.3 Å². The summed E-state index contributed by atoms with van der Waals surface area (Å²) in [6.45, 7) is 1.20. The summed E-state index contributed by atoms with van der Waals surface area (Å²) in [5.74, 6) is 0.475. The van der Waals surface area contributed by atoms with Crippen molar-refractivity contribution in [2.75, 3.05) is 11.4 Å². The van der Waals surface area contributed by atoms with E-state index in [2.05, 4.69) is 5.10 Å². The summed E-state index contributed by atoms with van der Waals surface area (Å²) >= 11 is 6.17. The van der Waals surface area contributed by atoms with Gasteiger partial charge in [-0.25, -0.2) is 4.68 Å². The minimum absolute atomic E-state index is 0.157. The number of hydrogen-bond acceptors (Lipinski definition) is 4. The number of aromatic nitrogens is 3. The molecule has 1 aromatic heterocycles. The zero-order chi connectivity index (χ0) is 17.4. The standard InChI is InChI=1S/C18H15ClN4O2/c19-15-9-5-4-6-13(15)12-23-17(25)16(24)22-11-10-21(18(22)20-23)14-7-2-1-3-8-14/h1-9H,10-12H2. The predicted molar refractivity (Wildman–Crippen MR) is 96.8 cm³/mol. The quantitative estimate of drug-likeness (QED) is 0.677. The molecule has 0 N–H and O–H groups in total. The first kappa shape index (κ1) is 15.7. The number of nitrogens with zero attached hydrogens (tertiary/aromatic N) is 4. The molecule has 2 aromatic carbocycles. The second-order valence-electron chi connectivity index (χ2n) is 5.80. The van der Waals surface area contributed by atoms with Crippen LogP contribution in [0.3, 0.4) is 0 Å². The lowest BCUT2D eigenvalue weighted by molar-refractivity contribution is 0.591. The van der Waals surface area contributed by atoms with Crippen molar-refractivity contribution in [3.8, 4) is 0 Å². The lowest BCUT2D eigenvalue weighted by Crippen LogP contribution is -2.42. The molecule has 7 heteroatoms. The van der Waals surface area contributed by atoms with Gasteiger partial charge in [0, 0.05) is 23.8 Å². The van der Waals surface area contributed by atoms with Crippen LogP contribution in [0.5, 0.6) is 0 Å². The summed E-state index contributed by atoms with van der Waals surface area (Å²) in [5.41, 5.74) is 0.477. The maximum Gasteiger partial charge on any atom is 0.333 e. The van der Waals surface area contributed by atoms with Gasteiger partial charge in [-0.1, -0.05) is 48.0 Å². The second-order valence-corrected chi connectivity index (χ2v) is 6.21. The molecule has 4 rings (SSSR count). The fraction of sp³-hybridized carbons (Fsp3) is 0.167. The molecule has 3 aromatic rings. The lowest BCUT2D eigenvalue weighted by atomic mass is 10.2. The third kappa shape index (κ3) is 2.74. The zero-order valence-electron chi connectivity index (χ0n) is 13.3. The Balaban J connectivity index is 1.81. The van der Waals surface area contributed by atoms with Gasteiger partial charge >= 0.3 is 11.1 Å². The monoisotopic (exact) mass is 354 g/mol. The van der Waals surface area contributed by atoms with Gasteiger partial charge in [0.05, 0.1) is 6.54 Å². The van der Waals surface area contributed by atoms with Gasteiger partial charge < -0.3 is 4.90 Å². The van der Waals surface area contributed by atoms with E-state index in [1.54, 1.807) is 6.07 Å². The van der Waals surface area contributed by atoms with Crippen LogP contribution in [0.1, 0.15) is 5.56 Å². The summed E-state index contributed by atoms with van der Waals surface area (Å²) in [7, 11) is 0. The van der Waals surface area contributed by atoms with Gasteiger partial charge in [0.15, 0.2) is 0 Å². The highest BCUT2D eigenvalue weighted by Crippen LogP contribution is 2.26. The van der Waals surface area contributed by atoms with Gasteiger partial charge in [-0.2, -0.15) is 0 Å². The van der Waals surface area contributed by atoms with Crippen molar-refractivity contribution < 1.29 is 0 Å². The van der Waals surface area contributed by atoms with Crippen molar-refractivity contribution >= 4 is 23.2 Å². The highest BCUT2D eigenvalue weighted by molar-refractivity contribution is 6.31. The predicted octanol–water partition coefficient (Wildman–Crippen LogP) is 2.26. The maximum absolute atomic E-state index is 12.5. The van der Waals surface area contributed by atoms with Crippen LogP contribution in [0, 0.1) is 0 Å².